The maximum absolute atomic E-state index is 12.9. The Balaban J connectivity index is -0.00000215. The van der Waals surface area contributed by atoms with E-state index < -0.39 is 59.6 Å². The van der Waals surface area contributed by atoms with Gasteiger partial charge in [-0.25, -0.2) is 0 Å². The Kier molecular flexibility index (Phi) is 37.2. The average molecular weight is 1010 g/mol. The van der Waals surface area contributed by atoms with Crippen molar-refractivity contribution in [2.24, 2.45) is 28.2 Å². The van der Waals surface area contributed by atoms with E-state index in [0.29, 0.717) is 64.1 Å². The van der Waals surface area contributed by atoms with Crippen LogP contribution in [0.5, 0.6) is 0 Å². The van der Waals surface area contributed by atoms with Gasteiger partial charge in [0, 0.05) is 69.5 Å². The molecule has 3 unspecified atom stereocenters. The molecule has 51 heavy (non-hydrogen) atoms. The van der Waals surface area contributed by atoms with Gasteiger partial charge in [0.05, 0.1) is 17.9 Å². The quantitative estimate of drug-likeness (QED) is 0.0921. The SMILES string of the molecule is O=C(OCC(COC(=O)C1CCC[N-]C1)(COC(=O)C1CCC[N-]C1)CO/C([O-])=C1/C=CC=NC1)C1CCC[N-]C1.[Cl][Zn][Cl].[Cl][Zn][Cl].[NH2-].[NH2-].[Zn].[Zn]. The van der Waals surface area contributed by atoms with Crippen LogP contribution in [0.1, 0.15) is 38.5 Å². The molecule has 4 N–H and O–H groups in total. The molecule has 0 aromatic rings. The maximum Gasteiger partial charge on any atom is 0 e. The van der Waals surface area contributed by atoms with Crippen molar-refractivity contribution < 1.29 is 108 Å². The van der Waals surface area contributed by atoms with Crippen molar-refractivity contribution in [2.45, 2.75) is 38.5 Å². The first-order chi connectivity index (χ1) is 22.8. The first-order valence-electron chi connectivity index (χ1n) is 15.6. The zero-order chi connectivity index (χ0) is 34.3. The van der Waals surface area contributed by atoms with Crippen molar-refractivity contribution in [2.75, 3.05) is 72.2 Å². The van der Waals surface area contributed by atoms with Gasteiger partial charge in [-0.15, -0.1) is 39.3 Å². The van der Waals surface area contributed by atoms with E-state index in [0.717, 1.165) is 19.3 Å². The van der Waals surface area contributed by atoms with Crippen LogP contribution in [0.4, 0.5) is 0 Å². The standard InChI is InChI=1S/C29H41N4O8.4ClH.2H2N.4Zn/c34-25(21-5-1-9-30-13-21)38-17-29(18-39-26(35)22-6-2-10-31-14-22,19-40-27(36)23-7-3-11-32-15-23)20-41-28(37)24-8-4-12-33-16-24;;;;;;;;;;/h1,5,9,22-24,34H,2-4,6-8,10-20H2;4*1H;2*1H2;;;;/q-3;;;;;2*-1;;;2*+2/p-5/b25-21-;;;;;;;;;;. The molecule has 22 heteroatoms. The molecule has 4 aliphatic heterocycles. The molecule has 4 heterocycles. The van der Waals surface area contributed by atoms with Crippen LogP contribution < -0.4 is 5.11 Å². The second-order valence-corrected chi connectivity index (χ2v) is 20.6. The molecule has 3 atom stereocenters. The Morgan fingerprint density at radius 1 is 0.725 bits per heavy atom. The smallest absolute Gasteiger partial charge is 0 e. The Labute approximate surface area is 358 Å². The molecule has 0 spiro atoms. The maximum atomic E-state index is 12.9. The summed E-state index contributed by atoms with van der Waals surface area (Å²) in [4.78, 5) is 42.9. The van der Waals surface area contributed by atoms with Crippen LogP contribution >= 0.6 is 38.8 Å². The van der Waals surface area contributed by atoms with Crippen LogP contribution in [-0.2, 0) is 103 Å². The van der Waals surface area contributed by atoms with Crippen LogP contribution in [0.25, 0.3) is 28.3 Å². The van der Waals surface area contributed by atoms with E-state index in [-0.39, 0.29) is 102 Å². The van der Waals surface area contributed by atoms with Crippen molar-refractivity contribution in [3.63, 3.8) is 0 Å². The molecule has 3 fully saturated rings. The predicted molar refractivity (Wildman–Crippen MR) is 182 cm³/mol. The number of allylic oxidation sites excluding steroid dienone is 1. The molecule has 3 saturated heterocycles. The molecule has 4 aliphatic rings. The topological polar surface area (TPSA) is 233 Å². The van der Waals surface area contributed by atoms with Crippen molar-refractivity contribution in [1.29, 1.82) is 0 Å². The Bertz CT molecular complexity index is 971. The minimum Gasteiger partial charge on any atom is -0.693 e. The number of nitrogens with two attached hydrogens (primary N) is 2. The van der Waals surface area contributed by atoms with Crippen molar-refractivity contribution in [1.82, 2.24) is 0 Å². The number of carbonyl (C=O) groups excluding carboxylic acids is 3. The van der Waals surface area contributed by atoms with Gasteiger partial charge in [-0.2, -0.15) is 0 Å². The van der Waals surface area contributed by atoms with Crippen LogP contribution in [0.3, 0.4) is 0 Å². The number of esters is 3. The van der Waals surface area contributed by atoms with E-state index in [2.05, 4.69) is 20.9 Å². The van der Waals surface area contributed by atoms with E-state index in [9.17, 15) is 19.5 Å². The van der Waals surface area contributed by atoms with Gasteiger partial charge in [-0.05, 0) is 30.9 Å². The number of hydrogen-bond acceptors (Lipinski definition) is 9. The number of hydrogen-bond donors (Lipinski definition) is 0. The van der Waals surface area contributed by atoms with Gasteiger partial charge in [0.25, 0.3) is 0 Å². The van der Waals surface area contributed by atoms with Crippen molar-refractivity contribution in [3.05, 3.63) is 51.9 Å². The molecule has 0 radical (unpaired) electrons. The van der Waals surface area contributed by atoms with Crippen LogP contribution in [-0.4, -0.2) is 96.4 Å². The molecular formula is C29H44Cl4N6O8Zn4-6. The number of piperidine rings is 3. The summed E-state index contributed by atoms with van der Waals surface area (Å²) in [5.74, 6) is -3.02. The number of halogens is 4. The second kappa shape index (κ2) is 33.9. The Morgan fingerprint density at radius 3 is 1.37 bits per heavy atom. The minimum atomic E-state index is -1.32. The fourth-order valence-corrected chi connectivity index (χ4v) is 5.08. The first kappa shape index (κ1) is 55.9. The summed E-state index contributed by atoms with van der Waals surface area (Å²) in [7, 11) is 19.8. The van der Waals surface area contributed by atoms with Gasteiger partial charge in [0.1, 0.15) is 19.8 Å². The van der Waals surface area contributed by atoms with Gasteiger partial charge in [-0.3, -0.25) is 19.4 Å². The summed E-state index contributed by atoms with van der Waals surface area (Å²) >= 11 is -1.86. The summed E-state index contributed by atoms with van der Waals surface area (Å²) in [6, 6.07) is 0. The van der Waals surface area contributed by atoms with E-state index in [1.807, 2.05) is 0 Å². The summed E-state index contributed by atoms with van der Waals surface area (Å²) < 4.78 is 22.8. The third-order valence-electron chi connectivity index (χ3n) is 7.74. The Morgan fingerprint density at radius 2 is 1.08 bits per heavy atom. The normalized spacial score (nSPS) is 22.3. The molecule has 0 bridgehead atoms. The zero-order valence-corrected chi connectivity index (χ0v) is 43.9. The van der Waals surface area contributed by atoms with Crippen molar-refractivity contribution >= 4 is 62.9 Å². The van der Waals surface area contributed by atoms with E-state index in [1.165, 1.54) is 0 Å². The number of carbonyl (C=O) groups is 3. The van der Waals surface area contributed by atoms with Crippen LogP contribution in [0.2, 0.25) is 0 Å². The summed E-state index contributed by atoms with van der Waals surface area (Å²) in [6.45, 7) is 2.33. The fourth-order valence-electron chi connectivity index (χ4n) is 5.08. The minimum absolute atomic E-state index is 0. The van der Waals surface area contributed by atoms with Gasteiger partial charge in [0.2, 0.25) is 0 Å². The van der Waals surface area contributed by atoms with Gasteiger partial charge >= 0.3 is 87.0 Å². The number of rotatable bonds is 12. The molecule has 0 aromatic carbocycles. The number of aliphatic imine (C=N–C) groups is 1. The number of dihydropyridines is 1. The van der Waals surface area contributed by atoms with Gasteiger partial charge in [0.15, 0.2) is 0 Å². The molecule has 4 rings (SSSR count). The molecule has 0 saturated carbocycles. The fraction of sp³-hybridized carbons (Fsp3) is 0.724. The third kappa shape index (κ3) is 22.7. The van der Waals surface area contributed by atoms with Crippen LogP contribution in [0.15, 0.2) is 28.7 Å². The Hall–Kier alpha value is 0.614. The van der Waals surface area contributed by atoms with E-state index >= 15 is 0 Å². The third-order valence-corrected chi connectivity index (χ3v) is 7.74. The second-order valence-electron chi connectivity index (χ2n) is 11.4. The molecule has 0 amide bonds. The predicted octanol–water partition coefficient (Wildman–Crippen LogP) is 6.36. The molecular weight excluding hydrogens is 964 g/mol. The monoisotopic (exact) mass is 1000 g/mol. The molecule has 0 aliphatic carbocycles. The van der Waals surface area contributed by atoms with E-state index in [1.54, 1.807) is 18.4 Å². The van der Waals surface area contributed by atoms with Crippen molar-refractivity contribution in [3.8, 4) is 0 Å². The largest absolute Gasteiger partial charge is 0.693 e. The molecule has 14 nitrogen and oxygen atoms in total. The molecule has 0 aromatic heterocycles. The number of ether oxygens (including phenoxy) is 4. The average Bonchev–Trinajstić information content (AvgIpc) is 3.12. The van der Waals surface area contributed by atoms with Gasteiger partial charge in [-0.1, -0.05) is 25.3 Å². The van der Waals surface area contributed by atoms with Crippen LogP contribution in [0, 0.1) is 23.2 Å². The number of nitrogens with zero attached hydrogens (tertiary/aromatic N) is 4. The molecule has 280 valence electrons. The summed E-state index contributed by atoms with van der Waals surface area (Å²) in [5.41, 5.74) is -0.966. The first-order valence-corrected chi connectivity index (χ1v) is 31.2. The summed E-state index contributed by atoms with van der Waals surface area (Å²) in [5, 5.41) is 25.8. The van der Waals surface area contributed by atoms with E-state index in [4.69, 9.17) is 57.7 Å². The summed E-state index contributed by atoms with van der Waals surface area (Å²) in [6.07, 6.45) is 9.22. The zero-order valence-electron chi connectivity index (χ0n) is 29.0. The van der Waals surface area contributed by atoms with Gasteiger partial charge < -0.3 is 52.3 Å².